The van der Waals surface area contributed by atoms with Gasteiger partial charge >= 0.3 is 0 Å². The van der Waals surface area contributed by atoms with Crippen LogP contribution in [0.4, 0.5) is 0 Å². The van der Waals surface area contributed by atoms with Crippen LogP contribution in [0.5, 0.6) is 0 Å². The fourth-order valence-corrected chi connectivity index (χ4v) is 5.23. The highest BCUT2D eigenvalue weighted by molar-refractivity contribution is 7.80. The minimum atomic E-state index is -0.425. The lowest BCUT2D eigenvalue weighted by atomic mass is 9.79. The lowest BCUT2D eigenvalue weighted by molar-refractivity contribution is -0.290. The van der Waals surface area contributed by atoms with E-state index in [9.17, 15) is 10.0 Å². The second-order valence-corrected chi connectivity index (χ2v) is 11.1. The molecule has 1 heterocycles. The Morgan fingerprint density at radius 2 is 1.13 bits per heavy atom. The number of unbranched alkanes of at least 4 members (excludes halogenated alkanes) is 12. The molecule has 1 rings (SSSR count). The molecule has 0 atom stereocenters. The maximum absolute atomic E-state index is 12.4. The summed E-state index contributed by atoms with van der Waals surface area (Å²) in [5.74, 6) is 1.18. The first kappa shape index (κ1) is 27.8. The van der Waals surface area contributed by atoms with E-state index in [4.69, 9.17) is 0 Å². The first-order chi connectivity index (χ1) is 14.2. The van der Waals surface area contributed by atoms with E-state index in [-0.39, 0.29) is 11.9 Å². The van der Waals surface area contributed by atoms with Gasteiger partial charge in [0, 0.05) is 23.5 Å². The van der Waals surface area contributed by atoms with E-state index in [1.807, 2.05) is 27.7 Å². The molecule has 1 aliphatic heterocycles. The summed E-state index contributed by atoms with van der Waals surface area (Å²) in [6.07, 6.45) is 19.0. The number of hydrogen-bond donors (Lipinski definition) is 2. The molecule has 0 unspecified atom stereocenters. The highest BCUT2D eigenvalue weighted by atomic mass is 32.1. The van der Waals surface area contributed by atoms with Crippen molar-refractivity contribution in [2.24, 2.45) is 0 Å². The van der Waals surface area contributed by atoms with Gasteiger partial charge in [-0.25, -0.2) is 0 Å². The van der Waals surface area contributed by atoms with Crippen LogP contribution in [0.2, 0.25) is 0 Å². The Labute approximate surface area is 192 Å². The molecule has 1 fully saturated rings. The highest BCUT2D eigenvalue weighted by Crippen LogP contribution is 2.37. The molecule has 1 saturated heterocycles. The minimum Gasteiger partial charge on any atom is -0.353 e. The number of nitrogens with one attached hydrogen (secondary N) is 1. The van der Waals surface area contributed by atoms with E-state index in [1.165, 1.54) is 75.7 Å². The van der Waals surface area contributed by atoms with Crippen LogP contribution in [0, 0.1) is 0 Å². The van der Waals surface area contributed by atoms with Gasteiger partial charge in [-0.3, -0.25) is 4.79 Å². The molecule has 5 heteroatoms. The summed E-state index contributed by atoms with van der Waals surface area (Å²) in [6.45, 7) is 7.91. The van der Waals surface area contributed by atoms with Crippen molar-refractivity contribution >= 4 is 18.5 Å². The lowest BCUT2D eigenvalue weighted by Gasteiger charge is -2.50. The number of rotatable bonds is 16. The van der Waals surface area contributed by atoms with Gasteiger partial charge in [0.2, 0.25) is 5.91 Å². The maximum atomic E-state index is 12.4. The minimum absolute atomic E-state index is 0.107. The summed E-state index contributed by atoms with van der Waals surface area (Å²) in [5.41, 5.74) is -0.849. The molecular weight excluding hydrogens is 392 g/mol. The van der Waals surface area contributed by atoms with Crippen LogP contribution in [0.25, 0.3) is 0 Å². The number of amides is 1. The third-order valence-electron chi connectivity index (χ3n) is 6.52. The van der Waals surface area contributed by atoms with Gasteiger partial charge in [-0.15, -0.1) is 10.3 Å². The Bertz CT molecular complexity index is 450. The summed E-state index contributed by atoms with van der Waals surface area (Å²) < 4.78 is 0. The zero-order valence-electron chi connectivity index (χ0n) is 20.3. The van der Waals surface area contributed by atoms with Gasteiger partial charge in [0.15, 0.2) is 0 Å². The molecule has 0 spiro atoms. The molecule has 0 aromatic heterocycles. The van der Waals surface area contributed by atoms with Crippen LogP contribution in [0.15, 0.2) is 0 Å². The third kappa shape index (κ3) is 11.4. The van der Waals surface area contributed by atoms with E-state index < -0.39 is 11.1 Å². The lowest BCUT2D eigenvalue weighted by Crippen LogP contribution is -2.62. The number of carbonyl (C=O) groups is 1. The highest BCUT2D eigenvalue weighted by Gasteiger charge is 2.46. The molecule has 1 aliphatic rings. The normalized spacial score (nSPS) is 19.1. The Balaban J connectivity index is 1.98. The summed E-state index contributed by atoms with van der Waals surface area (Å²) in [7, 11) is 0. The van der Waals surface area contributed by atoms with Crippen LogP contribution in [-0.4, -0.2) is 33.8 Å². The van der Waals surface area contributed by atoms with Gasteiger partial charge in [-0.05, 0) is 59.1 Å². The molecule has 4 nitrogen and oxygen atoms in total. The van der Waals surface area contributed by atoms with E-state index in [0.717, 1.165) is 31.4 Å². The van der Waals surface area contributed by atoms with Crippen molar-refractivity contribution in [3.63, 3.8) is 0 Å². The van der Waals surface area contributed by atoms with Gasteiger partial charge < -0.3 is 5.32 Å². The van der Waals surface area contributed by atoms with Gasteiger partial charge in [0.1, 0.15) is 0 Å². The number of thiol groups is 1. The van der Waals surface area contributed by atoms with Gasteiger partial charge in [-0.2, -0.15) is 12.6 Å². The average molecular weight is 442 g/mol. The standard InChI is InChI=1S/C25H49N2O2S/c1-24(2)20-22(21-25(3,4)27(24)29)26-23(28)18-16-14-12-10-8-6-5-7-9-11-13-15-17-19-30/h22,30H,5-21H2,1-4H3,(H,26,28). The first-order valence-corrected chi connectivity index (χ1v) is 13.2. The second kappa shape index (κ2) is 14.7. The van der Waals surface area contributed by atoms with E-state index in [1.54, 1.807) is 0 Å². The fourth-order valence-electron chi connectivity index (χ4n) is 5.01. The quantitative estimate of drug-likeness (QED) is 0.203. The summed E-state index contributed by atoms with van der Waals surface area (Å²) in [5, 5.41) is 16.8. The van der Waals surface area contributed by atoms with Gasteiger partial charge in [0.05, 0.1) is 0 Å². The predicted molar refractivity (Wildman–Crippen MR) is 130 cm³/mol. The molecule has 0 aliphatic carbocycles. The van der Waals surface area contributed by atoms with Crippen molar-refractivity contribution in [2.75, 3.05) is 5.75 Å². The summed E-state index contributed by atoms with van der Waals surface area (Å²) in [4.78, 5) is 12.3. The maximum Gasteiger partial charge on any atom is 0.220 e. The zero-order valence-corrected chi connectivity index (χ0v) is 21.2. The molecule has 30 heavy (non-hydrogen) atoms. The molecule has 177 valence electrons. The molecule has 1 radical (unpaired) electrons. The van der Waals surface area contributed by atoms with Crippen LogP contribution in [0.1, 0.15) is 130 Å². The molecule has 0 saturated carbocycles. The molecule has 0 aromatic carbocycles. The van der Waals surface area contributed by atoms with Crippen LogP contribution in [0.3, 0.4) is 0 Å². The molecule has 1 amide bonds. The SMILES string of the molecule is CC1(C)CC(NC(=O)CCCCCCCCCCCCCCCS)CC(C)(C)N1[O]. The number of hydroxylamine groups is 2. The van der Waals surface area contributed by atoms with Crippen molar-refractivity contribution in [1.29, 1.82) is 0 Å². The van der Waals surface area contributed by atoms with Crippen molar-refractivity contribution in [3.05, 3.63) is 0 Å². The van der Waals surface area contributed by atoms with Gasteiger partial charge in [-0.1, -0.05) is 70.6 Å². The Morgan fingerprint density at radius 3 is 1.53 bits per heavy atom. The largest absolute Gasteiger partial charge is 0.353 e. The Kier molecular flexibility index (Phi) is 13.6. The van der Waals surface area contributed by atoms with Crippen molar-refractivity contribution in [2.45, 2.75) is 148 Å². The van der Waals surface area contributed by atoms with Gasteiger partial charge in [0.25, 0.3) is 0 Å². The van der Waals surface area contributed by atoms with E-state index in [0.29, 0.717) is 6.42 Å². The van der Waals surface area contributed by atoms with Crippen molar-refractivity contribution in [3.8, 4) is 0 Å². The van der Waals surface area contributed by atoms with Crippen molar-refractivity contribution in [1.82, 2.24) is 10.4 Å². The monoisotopic (exact) mass is 441 g/mol. The zero-order chi connectivity index (χ0) is 22.5. The van der Waals surface area contributed by atoms with Crippen LogP contribution >= 0.6 is 12.6 Å². The molecule has 1 N–H and O–H groups in total. The number of carbonyl (C=O) groups excluding carboxylic acids is 1. The average Bonchev–Trinajstić information content (AvgIpc) is 2.66. The van der Waals surface area contributed by atoms with Crippen molar-refractivity contribution < 1.29 is 10.0 Å². The van der Waals surface area contributed by atoms with Crippen LogP contribution in [-0.2, 0) is 10.0 Å². The Morgan fingerprint density at radius 1 is 0.767 bits per heavy atom. The smallest absolute Gasteiger partial charge is 0.220 e. The number of hydrogen-bond acceptors (Lipinski definition) is 3. The predicted octanol–water partition coefficient (Wildman–Crippen LogP) is 6.86. The first-order valence-electron chi connectivity index (χ1n) is 12.6. The second-order valence-electron chi connectivity index (χ2n) is 10.7. The molecule has 0 bridgehead atoms. The fraction of sp³-hybridized carbons (Fsp3) is 0.960. The Hall–Kier alpha value is -0.260. The number of piperidine rings is 1. The summed E-state index contributed by atoms with van der Waals surface area (Å²) in [6, 6.07) is 0.107. The van der Waals surface area contributed by atoms with E-state index >= 15 is 0 Å². The molecule has 0 aromatic rings. The summed E-state index contributed by atoms with van der Waals surface area (Å²) >= 11 is 4.25. The molecular formula is C25H49N2O2S. The number of nitrogens with zero attached hydrogens (tertiary/aromatic N) is 1. The van der Waals surface area contributed by atoms with Crippen LogP contribution < -0.4 is 5.32 Å². The topological polar surface area (TPSA) is 52.2 Å². The van der Waals surface area contributed by atoms with E-state index in [2.05, 4.69) is 17.9 Å². The third-order valence-corrected chi connectivity index (χ3v) is 6.83.